The minimum absolute atomic E-state index is 0.0494. The number of aromatic nitrogens is 3. The lowest BCUT2D eigenvalue weighted by atomic mass is 10.2. The first-order valence-corrected chi connectivity index (χ1v) is 10.5. The molecular formula is C23H19IN4O. The number of hydrogen-bond acceptors (Lipinski definition) is 2. The maximum atomic E-state index is 13.1. The number of hydrogen-bond donors (Lipinski definition) is 0. The van der Waals surface area contributed by atoms with Gasteiger partial charge in [0.1, 0.15) is 5.82 Å². The summed E-state index contributed by atoms with van der Waals surface area (Å²) in [5.41, 5.74) is 5.02. The molecular weight excluding hydrogens is 475 g/mol. The highest BCUT2D eigenvalue weighted by atomic mass is 127. The minimum atomic E-state index is 0.0494. The molecule has 3 heterocycles. The van der Waals surface area contributed by atoms with Crippen LogP contribution in [0.5, 0.6) is 0 Å². The third-order valence-corrected chi connectivity index (χ3v) is 6.19. The molecule has 1 aliphatic rings. The van der Waals surface area contributed by atoms with Crippen LogP contribution in [0.15, 0.2) is 73.1 Å². The molecule has 0 saturated carbocycles. The van der Waals surface area contributed by atoms with Crippen LogP contribution >= 0.6 is 22.6 Å². The fraction of sp³-hybridized carbons (Fsp3) is 0.130. The summed E-state index contributed by atoms with van der Waals surface area (Å²) in [7, 11) is 0. The molecule has 0 aliphatic carbocycles. The van der Waals surface area contributed by atoms with Crippen LogP contribution in [0.25, 0.3) is 11.5 Å². The third-order valence-electron chi connectivity index (χ3n) is 5.25. The van der Waals surface area contributed by atoms with E-state index in [1.54, 1.807) is 0 Å². The summed E-state index contributed by atoms with van der Waals surface area (Å²) >= 11 is 2.22. The summed E-state index contributed by atoms with van der Waals surface area (Å²) < 4.78 is 5.03. The predicted molar refractivity (Wildman–Crippen MR) is 120 cm³/mol. The first-order valence-electron chi connectivity index (χ1n) is 9.47. The standard InChI is InChI=1S/C23H19IN4O/c1-16-8-10-17(11-9-16)28-22(26-12-4-5-13-26)19-14-27(15-21(19)25-28)23(29)18-6-2-3-7-20(18)24/h2-13H,14-15H2,1H3. The molecule has 29 heavy (non-hydrogen) atoms. The Balaban J connectivity index is 1.55. The van der Waals surface area contributed by atoms with E-state index in [1.807, 2.05) is 58.4 Å². The highest BCUT2D eigenvalue weighted by Gasteiger charge is 2.32. The fourth-order valence-electron chi connectivity index (χ4n) is 3.76. The van der Waals surface area contributed by atoms with Crippen molar-refractivity contribution in [3.05, 3.63) is 99.0 Å². The van der Waals surface area contributed by atoms with E-state index in [4.69, 9.17) is 5.10 Å². The van der Waals surface area contributed by atoms with Crippen molar-refractivity contribution in [2.75, 3.05) is 0 Å². The van der Waals surface area contributed by atoms with Crippen molar-refractivity contribution in [2.24, 2.45) is 0 Å². The van der Waals surface area contributed by atoms with E-state index in [9.17, 15) is 4.79 Å². The maximum Gasteiger partial charge on any atom is 0.255 e. The zero-order valence-electron chi connectivity index (χ0n) is 15.9. The van der Waals surface area contributed by atoms with Crippen molar-refractivity contribution in [1.29, 1.82) is 0 Å². The van der Waals surface area contributed by atoms with Crippen LogP contribution in [0, 0.1) is 10.5 Å². The Kier molecular flexibility index (Phi) is 4.50. The molecule has 144 valence electrons. The van der Waals surface area contributed by atoms with Crippen molar-refractivity contribution in [3.8, 4) is 11.5 Å². The van der Waals surface area contributed by atoms with Crippen LogP contribution in [0.2, 0.25) is 0 Å². The van der Waals surface area contributed by atoms with Crippen molar-refractivity contribution in [1.82, 2.24) is 19.2 Å². The first-order chi connectivity index (χ1) is 14.1. The summed E-state index contributed by atoms with van der Waals surface area (Å²) in [6.45, 7) is 3.15. The molecule has 1 amide bonds. The summed E-state index contributed by atoms with van der Waals surface area (Å²) in [4.78, 5) is 15.0. The SMILES string of the molecule is Cc1ccc(-n2nc3c(c2-n2cccc2)CN(C(=O)c2ccccc2I)C3)cc1. The summed E-state index contributed by atoms with van der Waals surface area (Å²) in [5.74, 6) is 1.04. The second kappa shape index (κ2) is 7.18. The third kappa shape index (κ3) is 3.17. The average Bonchev–Trinajstić information content (AvgIpc) is 3.44. The van der Waals surface area contributed by atoms with E-state index in [2.05, 4.69) is 58.3 Å². The Bertz CT molecular complexity index is 1190. The van der Waals surface area contributed by atoms with Crippen LogP contribution in [-0.2, 0) is 13.1 Å². The van der Waals surface area contributed by atoms with Gasteiger partial charge in [-0.2, -0.15) is 5.10 Å². The van der Waals surface area contributed by atoms with Crippen LogP contribution in [0.1, 0.15) is 27.2 Å². The molecule has 0 unspecified atom stereocenters. The van der Waals surface area contributed by atoms with Crippen LogP contribution in [0.3, 0.4) is 0 Å². The van der Waals surface area contributed by atoms with Gasteiger partial charge in [-0.15, -0.1) is 0 Å². The smallest absolute Gasteiger partial charge is 0.255 e. The molecule has 0 atom stereocenters. The minimum Gasteiger partial charge on any atom is -0.328 e. The number of aryl methyl sites for hydroxylation is 1. The van der Waals surface area contributed by atoms with E-state index in [0.29, 0.717) is 13.1 Å². The van der Waals surface area contributed by atoms with Gasteiger partial charge in [0.2, 0.25) is 0 Å². The lowest BCUT2D eigenvalue weighted by Gasteiger charge is -2.18. The number of halogens is 1. The van der Waals surface area contributed by atoms with Crippen molar-refractivity contribution >= 4 is 28.5 Å². The predicted octanol–water partition coefficient (Wildman–Crippen LogP) is 4.73. The van der Waals surface area contributed by atoms with Gasteiger partial charge in [-0.25, -0.2) is 4.68 Å². The van der Waals surface area contributed by atoms with E-state index in [1.165, 1.54) is 5.56 Å². The molecule has 5 rings (SSSR count). The second-order valence-corrected chi connectivity index (χ2v) is 8.39. The molecule has 2 aromatic carbocycles. The maximum absolute atomic E-state index is 13.1. The van der Waals surface area contributed by atoms with Gasteiger partial charge in [-0.1, -0.05) is 29.8 Å². The van der Waals surface area contributed by atoms with Crippen LogP contribution in [0.4, 0.5) is 0 Å². The van der Waals surface area contributed by atoms with Gasteiger partial charge in [-0.3, -0.25) is 4.79 Å². The summed E-state index contributed by atoms with van der Waals surface area (Å²) in [6, 6.07) is 20.1. The molecule has 0 N–H and O–H groups in total. The lowest BCUT2D eigenvalue weighted by Crippen LogP contribution is -2.27. The quantitative estimate of drug-likeness (QED) is 0.387. The first kappa shape index (κ1) is 18.2. The van der Waals surface area contributed by atoms with Gasteiger partial charge in [0, 0.05) is 21.5 Å². The van der Waals surface area contributed by atoms with Crippen molar-refractivity contribution < 1.29 is 4.79 Å². The number of amides is 1. The molecule has 0 spiro atoms. The molecule has 2 aromatic heterocycles. The zero-order chi connectivity index (χ0) is 20.0. The van der Waals surface area contributed by atoms with Gasteiger partial charge >= 0.3 is 0 Å². The Hall–Kier alpha value is -2.87. The van der Waals surface area contributed by atoms with Crippen LogP contribution in [-0.4, -0.2) is 25.2 Å². The lowest BCUT2D eigenvalue weighted by molar-refractivity contribution is 0.0748. The van der Waals surface area contributed by atoms with Gasteiger partial charge in [0.05, 0.1) is 30.0 Å². The highest BCUT2D eigenvalue weighted by Crippen LogP contribution is 2.31. The van der Waals surface area contributed by atoms with Crippen molar-refractivity contribution in [3.63, 3.8) is 0 Å². The number of rotatable bonds is 3. The second-order valence-electron chi connectivity index (χ2n) is 7.23. The molecule has 6 heteroatoms. The van der Waals surface area contributed by atoms with Gasteiger partial charge in [0.25, 0.3) is 5.91 Å². The largest absolute Gasteiger partial charge is 0.328 e. The number of nitrogens with zero attached hydrogens (tertiary/aromatic N) is 4. The van der Waals surface area contributed by atoms with E-state index >= 15 is 0 Å². The Labute approximate surface area is 182 Å². The van der Waals surface area contributed by atoms with Gasteiger partial charge in [-0.05, 0) is 65.9 Å². The molecule has 0 radical (unpaired) electrons. The van der Waals surface area contributed by atoms with E-state index in [-0.39, 0.29) is 5.91 Å². The summed E-state index contributed by atoms with van der Waals surface area (Å²) in [6.07, 6.45) is 4.04. The highest BCUT2D eigenvalue weighted by molar-refractivity contribution is 14.1. The summed E-state index contributed by atoms with van der Waals surface area (Å²) in [5, 5.41) is 4.90. The Morgan fingerprint density at radius 1 is 0.966 bits per heavy atom. The fourth-order valence-corrected chi connectivity index (χ4v) is 4.38. The topological polar surface area (TPSA) is 43.1 Å². The Morgan fingerprint density at radius 3 is 2.41 bits per heavy atom. The molecule has 0 fully saturated rings. The van der Waals surface area contributed by atoms with Crippen molar-refractivity contribution in [2.45, 2.75) is 20.0 Å². The van der Waals surface area contributed by atoms with Gasteiger partial charge in [0.15, 0.2) is 0 Å². The molecule has 1 aliphatic heterocycles. The average molecular weight is 494 g/mol. The number of fused-ring (bicyclic) bond motifs is 1. The molecule has 5 nitrogen and oxygen atoms in total. The molecule has 0 bridgehead atoms. The molecule has 0 saturated heterocycles. The van der Waals surface area contributed by atoms with E-state index < -0.39 is 0 Å². The molecule has 4 aromatic rings. The zero-order valence-corrected chi connectivity index (χ0v) is 18.1. The Morgan fingerprint density at radius 2 is 1.69 bits per heavy atom. The van der Waals surface area contributed by atoms with Gasteiger partial charge < -0.3 is 9.47 Å². The van der Waals surface area contributed by atoms with E-state index in [0.717, 1.165) is 31.9 Å². The number of benzene rings is 2. The van der Waals surface area contributed by atoms with Crippen LogP contribution < -0.4 is 0 Å². The number of carbonyl (C=O) groups is 1. The number of carbonyl (C=O) groups excluding carboxylic acids is 1. The normalized spacial score (nSPS) is 13.0. The monoisotopic (exact) mass is 494 g/mol.